The third kappa shape index (κ3) is 2.62. The molecule has 0 saturated heterocycles. The van der Waals surface area contributed by atoms with Crippen LogP contribution >= 0.6 is 0 Å². The summed E-state index contributed by atoms with van der Waals surface area (Å²) < 4.78 is 10.3. The van der Waals surface area contributed by atoms with E-state index < -0.39 is 12.1 Å². The first kappa shape index (κ1) is 12.7. The maximum Gasteiger partial charge on any atom is 0.335 e. The van der Waals surface area contributed by atoms with Gasteiger partial charge in [0, 0.05) is 0 Å². The second-order valence-electron chi connectivity index (χ2n) is 4.78. The number of hydrogen-bond acceptors (Lipinski definition) is 4. The van der Waals surface area contributed by atoms with Crippen LogP contribution in [0.5, 0.6) is 0 Å². The van der Waals surface area contributed by atoms with Crippen LogP contribution < -0.4 is 0 Å². The number of carbonyl (C=O) groups is 1. The van der Waals surface area contributed by atoms with Gasteiger partial charge in [-0.25, -0.2) is 9.79 Å². The Balaban J connectivity index is 2.76. The highest BCUT2D eigenvalue weighted by molar-refractivity contribution is 5.80. The van der Waals surface area contributed by atoms with Crippen LogP contribution in [0, 0.1) is 5.41 Å². The SMILES string of the molecule is C=C(C1OC=NC1C(=O)OCC)C(C)(C)C. The Morgan fingerprint density at radius 1 is 1.56 bits per heavy atom. The van der Waals surface area contributed by atoms with Gasteiger partial charge in [-0.1, -0.05) is 27.4 Å². The maximum absolute atomic E-state index is 11.6. The molecule has 0 N–H and O–H groups in total. The molecular formula is C12H19NO3. The van der Waals surface area contributed by atoms with E-state index in [2.05, 4.69) is 11.6 Å². The molecule has 0 aromatic rings. The lowest BCUT2D eigenvalue weighted by molar-refractivity contribution is -0.145. The Hall–Kier alpha value is -1.32. The number of aliphatic imine (C=N–C) groups is 1. The smallest absolute Gasteiger partial charge is 0.335 e. The average molecular weight is 225 g/mol. The van der Waals surface area contributed by atoms with Crippen LogP contribution in [0.4, 0.5) is 0 Å². The van der Waals surface area contributed by atoms with E-state index in [1.165, 1.54) is 6.40 Å². The minimum Gasteiger partial charge on any atom is -0.473 e. The number of hydrogen-bond donors (Lipinski definition) is 0. The zero-order valence-electron chi connectivity index (χ0n) is 10.3. The number of ether oxygens (including phenoxy) is 2. The Bertz CT molecular complexity index is 315. The van der Waals surface area contributed by atoms with Gasteiger partial charge in [-0.15, -0.1) is 0 Å². The molecule has 0 fully saturated rings. The van der Waals surface area contributed by atoms with Crippen LogP contribution in [0.1, 0.15) is 27.7 Å². The molecule has 0 bridgehead atoms. The molecule has 90 valence electrons. The number of carbonyl (C=O) groups excluding carboxylic acids is 1. The van der Waals surface area contributed by atoms with E-state index in [-0.39, 0.29) is 11.4 Å². The van der Waals surface area contributed by atoms with Crippen molar-refractivity contribution in [1.82, 2.24) is 0 Å². The van der Waals surface area contributed by atoms with Crippen LogP contribution in [0.3, 0.4) is 0 Å². The summed E-state index contributed by atoms with van der Waals surface area (Å²) in [4.78, 5) is 15.6. The van der Waals surface area contributed by atoms with Gasteiger partial charge < -0.3 is 9.47 Å². The molecule has 0 saturated carbocycles. The molecule has 4 heteroatoms. The third-order valence-corrected chi connectivity index (χ3v) is 2.55. The summed E-state index contributed by atoms with van der Waals surface area (Å²) in [6.45, 7) is 12.2. The lowest BCUT2D eigenvalue weighted by atomic mass is 9.82. The van der Waals surface area contributed by atoms with E-state index in [0.717, 1.165) is 5.57 Å². The van der Waals surface area contributed by atoms with Gasteiger partial charge in [0.25, 0.3) is 0 Å². The monoisotopic (exact) mass is 225 g/mol. The Morgan fingerprint density at radius 3 is 2.69 bits per heavy atom. The lowest BCUT2D eigenvalue weighted by Crippen LogP contribution is -2.36. The molecular weight excluding hydrogens is 206 g/mol. The molecule has 0 amide bonds. The first-order valence-electron chi connectivity index (χ1n) is 5.41. The van der Waals surface area contributed by atoms with E-state index in [1.54, 1.807) is 6.92 Å². The van der Waals surface area contributed by atoms with Crippen molar-refractivity contribution in [3.8, 4) is 0 Å². The van der Waals surface area contributed by atoms with Gasteiger partial charge in [0.05, 0.1) is 6.61 Å². The summed E-state index contributed by atoms with van der Waals surface area (Å²) >= 11 is 0. The molecule has 0 radical (unpaired) electrons. The topological polar surface area (TPSA) is 47.9 Å². The van der Waals surface area contributed by atoms with Gasteiger partial charge in [0.15, 0.2) is 18.5 Å². The third-order valence-electron chi connectivity index (χ3n) is 2.55. The summed E-state index contributed by atoms with van der Waals surface area (Å²) in [5, 5.41) is 0. The molecule has 0 aliphatic carbocycles. The minimum absolute atomic E-state index is 0.122. The Kier molecular flexibility index (Phi) is 3.73. The second kappa shape index (κ2) is 4.68. The zero-order valence-corrected chi connectivity index (χ0v) is 10.3. The fraction of sp³-hybridized carbons (Fsp3) is 0.667. The predicted octanol–water partition coefficient (Wildman–Crippen LogP) is 1.95. The van der Waals surface area contributed by atoms with Gasteiger partial charge in [0.1, 0.15) is 0 Å². The molecule has 16 heavy (non-hydrogen) atoms. The molecule has 0 aromatic heterocycles. The fourth-order valence-electron chi connectivity index (χ4n) is 1.43. The molecule has 2 atom stereocenters. The summed E-state index contributed by atoms with van der Waals surface area (Å²) in [6.07, 6.45) is 0.905. The lowest BCUT2D eigenvalue weighted by Gasteiger charge is -2.28. The van der Waals surface area contributed by atoms with Crippen LogP contribution in [-0.2, 0) is 14.3 Å². The van der Waals surface area contributed by atoms with Crippen LogP contribution in [0.25, 0.3) is 0 Å². The van der Waals surface area contributed by atoms with E-state index in [4.69, 9.17) is 9.47 Å². The average Bonchev–Trinajstić information content (AvgIpc) is 2.63. The van der Waals surface area contributed by atoms with Crippen LogP contribution in [-0.4, -0.2) is 31.1 Å². The van der Waals surface area contributed by atoms with Gasteiger partial charge >= 0.3 is 5.97 Å². The van der Waals surface area contributed by atoms with Crippen molar-refractivity contribution in [1.29, 1.82) is 0 Å². The molecule has 1 heterocycles. The predicted molar refractivity (Wildman–Crippen MR) is 62.4 cm³/mol. The standard InChI is InChI=1S/C12H19NO3/c1-6-15-11(14)9-10(16-7-13-9)8(2)12(3,4)5/h7,9-10H,2,6H2,1,3-5H3. The highest BCUT2D eigenvalue weighted by Crippen LogP contribution is 2.31. The summed E-state index contributed by atoms with van der Waals surface area (Å²) in [6, 6.07) is -0.605. The Morgan fingerprint density at radius 2 is 2.19 bits per heavy atom. The van der Waals surface area contributed by atoms with E-state index in [1.807, 2.05) is 20.8 Å². The molecule has 0 spiro atoms. The van der Waals surface area contributed by atoms with Crippen molar-refractivity contribution in [3.63, 3.8) is 0 Å². The highest BCUT2D eigenvalue weighted by Gasteiger charge is 2.39. The first-order chi connectivity index (χ1) is 7.38. The molecule has 2 unspecified atom stereocenters. The summed E-state index contributed by atoms with van der Waals surface area (Å²) in [5.74, 6) is -0.355. The van der Waals surface area contributed by atoms with Gasteiger partial charge in [-0.05, 0) is 17.9 Å². The van der Waals surface area contributed by atoms with Gasteiger partial charge in [-0.2, -0.15) is 0 Å². The number of nitrogens with zero attached hydrogens (tertiary/aromatic N) is 1. The van der Waals surface area contributed by atoms with Crippen molar-refractivity contribution in [3.05, 3.63) is 12.2 Å². The normalized spacial score (nSPS) is 24.0. The number of rotatable bonds is 3. The van der Waals surface area contributed by atoms with Crippen molar-refractivity contribution < 1.29 is 14.3 Å². The largest absolute Gasteiger partial charge is 0.473 e. The van der Waals surface area contributed by atoms with Crippen LogP contribution in [0.15, 0.2) is 17.1 Å². The minimum atomic E-state index is -0.605. The molecule has 0 aromatic carbocycles. The first-order valence-corrected chi connectivity index (χ1v) is 5.41. The molecule has 1 aliphatic heterocycles. The molecule has 4 nitrogen and oxygen atoms in total. The maximum atomic E-state index is 11.6. The van der Waals surface area contributed by atoms with Gasteiger partial charge in [0.2, 0.25) is 0 Å². The van der Waals surface area contributed by atoms with E-state index >= 15 is 0 Å². The van der Waals surface area contributed by atoms with Crippen molar-refractivity contribution in [2.75, 3.05) is 6.61 Å². The van der Waals surface area contributed by atoms with Crippen molar-refractivity contribution in [2.24, 2.45) is 10.4 Å². The molecule has 1 aliphatic rings. The molecule has 1 rings (SSSR count). The zero-order chi connectivity index (χ0) is 12.3. The fourth-order valence-corrected chi connectivity index (χ4v) is 1.43. The van der Waals surface area contributed by atoms with Crippen LogP contribution in [0.2, 0.25) is 0 Å². The summed E-state index contributed by atoms with van der Waals surface area (Å²) in [5.41, 5.74) is 0.728. The number of esters is 1. The summed E-state index contributed by atoms with van der Waals surface area (Å²) in [7, 11) is 0. The van der Waals surface area contributed by atoms with E-state index in [0.29, 0.717) is 6.61 Å². The van der Waals surface area contributed by atoms with Gasteiger partial charge in [-0.3, -0.25) is 0 Å². The second-order valence-corrected chi connectivity index (χ2v) is 4.78. The highest BCUT2D eigenvalue weighted by atomic mass is 16.5. The van der Waals surface area contributed by atoms with Crippen molar-refractivity contribution >= 4 is 12.4 Å². The Labute approximate surface area is 96.3 Å². The van der Waals surface area contributed by atoms with Crippen molar-refractivity contribution in [2.45, 2.75) is 39.8 Å². The quantitative estimate of drug-likeness (QED) is 0.545. The van der Waals surface area contributed by atoms with E-state index in [9.17, 15) is 4.79 Å².